The van der Waals surface area contributed by atoms with Crippen LogP contribution in [0.3, 0.4) is 0 Å². The molecule has 0 aliphatic carbocycles. The molecule has 1 nitrogen and oxygen atoms in total. The molecule has 0 heterocycles. The normalized spacial score (nSPS) is 13.4. The standard InChI is InChI=1S/C22H45IO/c1-4-5-6-7-8-9-10-11-12-13-14-15-16-17-18-21(19-20-24)22(2,3)23/h21,24H,4-20H2,1-3H3. The Bertz CT molecular complexity index is 247. The smallest absolute Gasteiger partial charge is 0.0434 e. The molecule has 0 amide bonds. The van der Waals surface area contributed by atoms with Crippen molar-refractivity contribution in [2.75, 3.05) is 6.61 Å². The summed E-state index contributed by atoms with van der Waals surface area (Å²) in [5.41, 5.74) is 0. The minimum absolute atomic E-state index is 0.316. The van der Waals surface area contributed by atoms with Crippen LogP contribution < -0.4 is 0 Å². The second kappa shape index (κ2) is 17.1. The Hall–Kier alpha value is 0.690. The first-order valence-electron chi connectivity index (χ1n) is 10.8. The molecule has 0 saturated carbocycles. The van der Waals surface area contributed by atoms with Crippen LogP contribution in [-0.2, 0) is 0 Å². The van der Waals surface area contributed by atoms with Crippen LogP contribution in [0.25, 0.3) is 0 Å². The zero-order valence-electron chi connectivity index (χ0n) is 16.9. The highest BCUT2D eigenvalue weighted by Gasteiger charge is 2.25. The van der Waals surface area contributed by atoms with Crippen molar-refractivity contribution in [1.29, 1.82) is 0 Å². The van der Waals surface area contributed by atoms with Gasteiger partial charge in [-0.15, -0.1) is 0 Å². The predicted molar refractivity (Wildman–Crippen MR) is 118 cm³/mol. The van der Waals surface area contributed by atoms with Gasteiger partial charge in [-0.05, 0) is 18.8 Å². The maximum absolute atomic E-state index is 9.21. The van der Waals surface area contributed by atoms with Crippen molar-refractivity contribution in [3.63, 3.8) is 0 Å². The van der Waals surface area contributed by atoms with Crippen LogP contribution >= 0.6 is 22.6 Å². The van der Waals surface area contributed by atoms with Crippen molar-refractivity contribution in [1.82, 2.24) is 0 Å². The SMILES string of the molecule is CCCCCCCCCCCCCCCCC(CCO)C(C)(C)I. The fourth-order valence-electron chi connectivity index (χ4n) is 3.57. The topological polar surface area (TPSA) is 20.2 Å². The van der Waals surface area contributed by atoms with Crippen LogP contribution in [-0.4, -0.2) is 15.1 Å². The molecule has 2 heteroatoms. The number of halogens is 1. The van der Waals surface area contributed by atoms with Gasteiger partial charge < -0.3 is 5.11 Å². The van der Waals surface area contributed by atoms with Crippen molar-refractivity contribution >= 4 is 22.6 Å². The molecule has 146 valence electrons. The Balaban J connectivity index is 3.30. The number of unbranched alkanes of at least 4 members (excludes halogenated alkanes) is 13. The summed E-state index contributed by atoms with van der Waals surface area (Å²) in [4.78, 5) is 0. The van der Waals surface area contributed by atoms with E-state index in [1.807, 2.05) is 0 Å². The lowest BCUT2D eigenvalue weighted by atomic mass is 9.87. The molecule has 0 aromatic heterocycles. The summed E-state index contributed by atoms with van der Waals surface area (Å²) in [5, 5.41) is 9.21. The highest BCUT2D eigenvalue weighted by atomic mass is 127. The lowest BCUT2D eigenvalue weighted by Gasteiger charge is -2.28. The van der Waals surface area contributed by atoms with Gasteiger partial charge >= 0.3 is 0 Å². The molecule has 0 aromatic rings. The summed E-state index contributed by atoms with van der Waals surface area (Å²) in [6, 6.07) is 0. The van der Waals surface area contributed by atoms with E-state index in [0.29, 0.717) is 15.9 Å². The van der Waals surface area contributed by atoms with Crippen molar-refractivity contribution in [3.8, 4) is 0 Å². The van der Waals surface area contributed by atoms with E-state index in [9.17, 15) is 5.11 Å². The van der Waals surface area contributed by atoms with Crippen LogP contribution in [0.2, 0.25) is 0 Å². The second-order valence-electron chi connectivity index (χ2n) is 8.16. The molecule has 0 fully saturated rings. The molecule has 0 bridgehead atoms. The first kappa shape index (κ1) is 24.7. The molecule has 1 unspecified atom stereocenters. The number of rotatable bonds is 18. The van der Waals surface area contributed by atoms with Gasteiger partial charge in [-0.25, -0.2) is 0 Å². The van der Waals surface area contributed by atoms with Gasteiger partial charge in [-0.2, -0.15) is 0 Å². The molecule has 0 aromatic carbocycles. The van der Waals surface area contributed by atoms with Crippen LogP contribution in [0.4, 0.5) is 0 Å². The summed E-state index contributed by atoms with van der Waals surface area (Å²) >= 11 is 2.55. The average molecular weight is 453 g/mol. The highest BCUT2D eigenvalue weighted by molar-refractivity contribution is 14.1. The molecule has 0 radical (unpaired) electrons. The summed E-state index contributed by atoms with van der Waals surface area (Å²) in [6.45, 7) is 7.24. The monoisotopic (exact) mass is 452 g/mol. The summed E-state index contributed by atoms with van der Waals surface area (Å²) in [7, 11) is 0. The van der Waals surface area contributed by atoms with Gasteiger partial charge in [0, 0.05) is 10.0 Å². The van der Waals surface area contributed by atoms with Gasteiger partial charge in [0.1, 0.15) is 0 Å². The minimum atomic E-state index is 0.316. The van der Waals surface area contributed by atoms with E-state index in [0.717, 1.165) is 6.42 Å². The van der Waals surface area contributed by atoms with Crippen molar-refractivity contribution in [2.45, 2.75) is 127 Å². The maximum atomic E-state index is 9.21. The molecule has 0 rings (SSSR count). The van der Waals surface area contributed by atoms with E-state index in [4.69, 9.17) is 0 Å². The zero-order valence-corrected chi connectivity index (χ0v) is 19.1. The number of alkyl halides is 1. The van der Waals surface area contributed by atoms with Gasteiger partial charge in [-0.1, -0.05) is 133 Å². The van der Waals surface area contributed by atoms with Gasteiger partial charge in [-0.3, -0.25) is 0 Å². The molecule has 0 aliphatic heterocycles. The third-order valence-corrected chi connectivity index (χ3v) is 6.24. The number of hydrogen-bond donors (Lipinski definition) is 1. The summed E-state index contributed by atoms with van der Waals surface area (Å²) < 4.78 is 0.316. The maximum Gasteiger partial charge on any atom is 0.0434 e. The Kier molecular flexibility index (Phi) is 17.6. The molecular formula is C22H45IO. The fourth-order valence-corrected chi connectivity index (χ4v) is 4.19. The molecule has 0 spiro atoms. The summed E-state index contributed by atoms with van der Waals surface area (Å²) in [5.74, 6) is 0.667. The third kappa shape index (κ3) is 16.2. The lowest BCUT2D eigenvalue weighted by Crippen LogP contribution is -2.24. The van der Waals surface area contributed by atoms with Crippen LogP contribution in [0.1, 0.15) is 124 Å². The molecule has 24 heavy (non-hydrogen) atoms. The van der Waals surface area contributed by atoms with Gasteiger partial charge in [0.25, 0.3) is 0 Å². The average Bonchev–Trinajstić information content (AvgIpc) is 2.53. The summed E-state index contributed by atoms with van der Waals surface area (Å²) in [6.07, 6.45) is 22.2. The fraction of sp³-hybridized carbons (Fsp3) is 1.00. The Morgan fingerprint density at radius 3 is 1.38 bits per heavy atom. The zero-order chi connectivity index (χ0) is 18.1. The molecule has 0 aliphatic rings. The van der Waals surface area contributed by atoms with E-state index in [-0.39, 0.29) is 0 Å². The minimum Gasteiger partial charge on any atom is -0.396 e. The third-order valence-electron chi connectivity index (χ3n) is 5.35. The number of hydrogen-bond acceptors (Lipinski definition) is 1. The lowest BCUT2D eigenvalue weighted by molar-refractivity contribution is 0.235. The van der Waals surface area contributed by atoms with Crippen LogP contribution in [0, 0.1) is 5.92 Å². The quantitative estimate of drug-likeness (QED) is 0.127. The Morgan fingerprint density at radius 2 is 1.04 bits per heavy atom. The molecular weight excluding hydrogens is 407 g/mol. The van der Waals surface area contributed by atoms with Crippen molar-refractivity contribution < 1.29 is 5.11 Å². The van der Waals surface area contributed by atoms with E-state index < -0.39 is 0 Å². The van der Waals surface area contributed by atoms with E-state index in [2.05, 4.69) is 43.4 Å². The molecule has 1 N–H and O–H groups in total. The predicted octanol–water partition coefficient (Wildman–Crippen LogP) is 8.07. The van der Waals surface area contributed by atoms with Crippen LogP contribution in [0.15, 0.2) is 0 Å². The molecule has 1 atom stereocenters. The van der Waals surface area contributed by atoms with Gasteiger partial charge in [0.05, 0.1) is 0 Å². The second-order valence-corrected chi connectivity index (χ2v) is 10.9. The largest absolute Gasteiger partial charge is 0.396 e. The molecule has 0 saturated heterocycles. The van der Waals surface area contributed by atoms with Gasteiger partial charge in [0.15, 0.2) is 0 Å². The van der Waals surface area contributed by atoms with Crippen LogP contribution in [0.5, 0.6) is 0 Å². The van der Waals surface area contributed by atoms with Gasteiger partial charge in [0.2, 0.25) is 0 Å². The first-order chi connectivity index (χ1) is 11.5. The number of aliphatic hydroxyl groups excluding tert-OH is 1. The van der Waals surface area contributed by atoms with Crippen molar-refractivity contribution in [3.05, 3.63) is 0 Å². The first-order valence-corrected chi connectivity index (χ1v) is 11.9. The highest BCUT2D eigenvalue weighted by Crippen LogP contribution is 2.33. The number of aliphatic hydroxyl groups is 1. The Morgan fingerprint density at radius 1 is 0.667 bits per heavy atom. The van der Waals surface area contributed by atoms with Crippen molar-refractivity contribution in [2.24, 2.45) is 5.92 Å². The van der Waals surface area contributed by atoms with E-state index in [1.54, 1.807) is 0 Å². The van der Waals surface area contributed by atoms with E-state index >= 15 is 0 Å². The Labute approximate surface area is 166 Å². The van der Waals surface area contributed by atoms with E-state index in [1.165, 1.54) is 96.3 Å².